The van der Waals surface area contributed by atoms with Crippen LogP contribution in [0.15, 0.2) is 24.4 Å². The molecule has 1 unspecified atom stereocenters. The Balaban J connectivity index is 2.40. The molecule has 2 rings (SSSR count). The van der Waals surface area contributed by atoms with Gasteiger partial charge >= 0.3 is 0 Å². The fourth-order valence-electron chi connectivity index (χ4n) is 2.26. The number of halogens is 1. The SMILES string of the molecule is CCCn1ncc(Cl)c1C(N)c1ccc(C)c(OC)c1. The standard InChI is InChI=1S/C15H20ClN3O/c1-4-7-19-15(12(16)9-18-19)14(17)11-6-5-10(2)13(8-11)20-3/h5-6,8-9,14H,4,7,17H2,1-3H3. The predicted molar refractivity (Wildman–Crippen MR) is 81.3 cm³/mol. The molecule has 0 saturated heterocycles. The Morgan fingerprint density at radius 1 is 1.45 bits per heavy atom. The first kappa shape index (κ1) is 14.9. The van der Waals surface area contributed by atoms with Gasteiger partial charge < -0.3 is 10.5 Å². The van der Waals surface area contributed by atoms with Gasteiger partial charge in [0.15, 0.2) is 0 Å². The van der Waals surface area contributed by atoms with Crippen molar-refractivity contribution in [1.29, 1.82) is 0 Å². The number of nitrogens with two attached hydrogens (primary N) is 1. The summed E-state index contributed by atoms with van der Waals surface area (Å²) >= 11 is 6.24. The van der Waals surface area contributed by atoms with Crippen LogP contribution in [0.3, 0.4) is 0 Å². The Morgan fingerprint density at radius 3 is 2.85 bits per heavy atom. The van der Waals surface area contributed by atoms with Gasteiger partial charge in [-0.15, -0.1) is 0 Å². The van der Waals surface area contributed by atoms with Crippen molar-refractivity contribution in [1.82, 2.24) is 9.78 Å². The van der Waals surface area contributed by atoms with Crippen LogP contribution in [0.1, 0.15) is 36.2 Å². The molecule has 0 bridgehead atoms. The second kappa shape index (κ2) is 6.29. The van der Waals surface area contributed by atoms with Crippen LogP contribution < -0.4 is 10.5 Å². The van der Waals surface area contributed by atoms with Gasteiger partial charge in [-0.2, -0.15) is 5.10 Å². The number of methoxy groups -OCH3 is 1. The Bertz CT molecular complexity index is 595. The van der Waals surface area contributed by atoms with Crippen LogP contribution >= 0.6 is 11.6 Å². The van der Waals surface area contributed by atoms with Gasteiger partial charge in [-0.25, -0.2) is 0 Å². The van der Waals surface area contributed by atoms with E-state index in [9.17, 15) is 0 Å². The molecule has 2 aromatic rings. The molecule has 108 valence electrons. The largest absolute Gasteiger partial charge is 0.496 e. The van der Waals surface area contributed by atoms with Crippen LogP contribution in [0.5, 0.6) is 5.75 Å². The van der Waals surface area contributed by atoms with Crippen LogP contribution in [0.25, 0.3) is 0 Å². The highest BCUT2D eigenvalue weighted by atomic mass is 35.5. The van der Waals surface area contributed by atoms with E-state index in [4.69, 9.17) is 22.1 Å². The molecule has 0 saturated carbocycles. The molecule has 0 spiro atoms. The first-order chi connectivity index (χ1) is 9.58. The molecule has 1 aromatic carbocycles. The average molecular weight is 294 g/mol. The molecular formula is C15H20ClN3O. The summed E-state index contributed by atoms with van der Waals surface area (Å²) in [4.78, 5) is 0. The van der Waals surface area contributed by atoms with Crippen molar-refractivity contribution in [2.24, 2.45) is 5.73 Å². The highest BCUT2D eigenvalue weighted by Gasteiger charge is 2.19. The first-order valence-electron chi connectivity index (χ1n) is 6.69. The quantitative estimate of drug-likeness (QED) is 0.920. The smallest absolute Gasteiger partial charge is 0.122 e. The lowest BCUT2D eigenvalue weighted by molar-refractivity contribution is 0.411. The minimum absolute atomic E-state index is 0.314. The number of rotatable bonds is 5. The summed E-state index contributed by atoms with van der Waals surface area (Å²) in [6.45, 7) is 4.90. The molecular weight excluding hydrogens is 274 g/mol. The van der Waals surface area contributed by atoms with E-state index >= 15 is 0 Å². The molecule has 1 aromatic heterocycles. The van der Waals surface area contributed by atoms with Crippen LogP contribution in [-0.2, 0) is 6.54 Å². The topological polar surface area (TPSA) is 53.1 Å². The second-order valence-electron chi connectivity index (χ2n) is 4.81. The number of aryl methyl sites for hydroxylation is 2. The van der Waals surface area contributed by atoms with E-state index in [1.54, 1.807) is 13.3 Å². The molecule has 1 heterocycles. The summed E-state index contributed by atoms with van der Waals surface area (Å²) in [5.74, 6) is 0.829. The van der Waals surface area contributed by atoms with Crippen LogP contribution in [-0.4, -0.2) is 16.9 Å². The third-order valence-electron chi connectivity index (χ3n) is 3.35. The first-order valence-corrected chi connectivity index (χ1v) is 7.07. The van der Waals surface area contributed by atoms with Crippen molar-refractivity contribution < 1.29 is 4.74 Å². The van der Waals surface area contributed by atoms with Crippen LogP contribution in [0.4, 0.5) is 0 Å². The fraction of sp³-hybridized carbons (Fsp3) is 0.400. The van der Waals surface area contributed by atoms with Gasteiger partial charge in [0.2, 0.25) is 0 Å². The minimum Gasteiger partial charge on any atom is -0.496 e. The number of nitrogens with zero attached hydrogens (tertiary/aromatic N) is 2. The van der Waals surface area contributed by atoms with Crippen LogP contribution in [0.2, 0.25) is 5.02 Å². The molecule has 5 heteroatoms. The fourth-order valence-corrected chi connectivity index (χ4v) is 2.52. The number of aromatic nitrogens is 2. The predicted octanol–water partition coefficient (Wildman–Crippen LogP) is 3.31. The summed E-state index contributed by atoms with van der Waals surface area (Å²) in [6, 6.07) is 5.65. The summed E-state index contributed by atoms with van der Waals surface area (Å²) in [5, 5.41) is 4.89. The van der Waals surface area contributed by atoms with E-state index in [1.165, 1.54) is 0 Å². The van der Waals surface area contributed by atoms with Crippen molar-refractivity contribution in [3.8, 4) is 5.75 Å². The van der Waals surface area contributed by atoms with E-state index in [1.807, 2.05) is 29.8 Å². The third kappa shape index (κ3) is 2.81. The number of hydrogen-bond donors (Lipinski definition) is 1. The third-order valence-corrected chi connectivity index (χ3v) is 3.65. The van der Waals surface area contributed by atoms with E-state index in [2.05, 4.69) is 12.0 Å². The Labute approximate surface area is 124 Å². The Morgan fingerprint density at radius 2 is 2.20 bits per heavy atom. The molecule has 0 aliphatic carbocycles. The van der Waals surface area contributed by atoms with Crippen molar-refractivity contribution in [3.63, 3.8) is 0 Å². The highest BCUT2D eigenvalue weighted by Crippen LogP contribution is 2.29. The van der Waals surface area contributed by atoms with Crippen molar-refractivity contribution in [2.75, 3.05) is 7.11 Å². The maximum Gasteiger partial charge on any atom is 0.122 e. The van der Waals surface area contributed by atoms with Gasteiger partial charge in [-0.05, 0) is 30.5 Å². The average Bonchev–Trinajstić information content (AvgIpc) is 2.80. The van der Waals surface area contributed by atoms with E-state index in [0.717, 1.165) is 35.5 Å². The lowest BCUT2D eigenvalue weighted by atomic mass is 10.0. The van der Waals surface area contributed by atoms with Gasteiger partial charge in [-0.3, -0.25) is 4.68 Å². The molecule has 0 aliphatic heterocycles. The molecule has 0 radical (unpaired) electrons. The van der Waals surface area contributed by atoms with Gasteiger partial charge in [0, 0.05) is 6.54 Å². The van der Waals surface area contributed by atoms with Crippen molar-refractivity contribution in [3.05, 3.63) is 46.2 Å². The van der Waals surface area contributed by atoms with Gasteiger partial charge in [0.1, 0.15) is 5.75 Å². The molecule has 0 amide bonds. The lowest BCUT2D eigenvalue weighted by Gasteiger charge is -2.16. The molecule has 0 fully saturated rings. The zero-order valence-corrected chi connectivity index (χ0v) is 12.8. The summed E-state index contributed by atoms with van der Waals surface area (Å²) in [6.07, 6.45) is 2.63. The number of benzene rings is 1. The van der Waals surface area contributed by atoms with E-state index in [-0.39, 0.29) is 6.04 Å². The zero-order valence-electron chi connectivity index (χ0n) is 12.1. The summed E-state index contributed by atoms with van der Waals surface area (Å²) < 4.78 is 7.22. The summed E-state index contributed by atoms with van der Waals surface area (Å²) in [5.41, 5.74) is 9.26. The molecule has 4 nitrogen and oxygen atoms in total. The molecule has 20 heavy (non-hydrogen) atoms. The normalized spacial score (nSPS) is 12.4. The second-order valence-corrected chi connectivity index (χ2v) is 5.21. The monoisotopic (exact) mass is 293 g/mol. The maximum atomic E-state index is 6.37. The Hall–Kier alpha value is -1.52. The zero-order chi connectivity index (χ0) is 14.7. The van der Waals surface area contributed by atoms with Gasteiger partial charge in [-0.1, -0.05) is 30.7 Å². The number of ether oxygens (including phenoxy) is 1. The van der Waals surface area contributed by atoms with Gasteiger partial charge in [0.25, 0.3) is 0 Å². The maximum absolute atomic E-state index is 6.37. The summed E-state index contributed by atoms with van der Waals surface area (Å²) in [7, 11) is 1.66. The van der Waals surface area contributed by atoms with Gasteiger partial charge in [0.05, 0.1) is 30.1 Å². The minimum atomic E-state index is -0.314. The van der Waals surface area contributed by atoms with Crippen molar-refractivity contribution in [2.45, 2.75) is 32.9 Å². The van der Waals surface area contributed by atoms with E-state index in [0.29, 0.717) is 5.02 Å². The van der Waals surface area contributed by atoms with Crippen LogP contribution in [0, 0.1) is 6.92 Å². The van der Waals surface area contributed by atoms with E-state index < -0.39 is 0 Å². The molecule has 1 atom stereocenters. The highest BCUT2D eigenvalue weighted by molar-refractivity contribution is 6.31. The molecule has 0 aliphatic rings. The van der Waals surface area contributed by atoms with Crippen molar-refractivity contribution >= 4 is 11.6 Å². The number of hydrogen-bond acceptors (Lipinski definition) is 3. The molecule has 2 N–H and O–H groups in total. The lowest BCUT2D eigenvalue weighted by Crippen LogP contribution is -2.18. The Kier molecular flexibility index (Phi) is 4.68.